The number of rotatable bonds is 4. The van der Waals surface area contributed by atoms with Crippen molar-refractivity contribution in [3.8, 4) is 0 Å². The number of hydrogen-bond acceptors (Lipinski definition) is 3. The van der Waals surface area contributed by atoms with Crippen molar-refractivity contribution in [1.82, 2.24) is 9.80 Å². The van der Waals surface area contributed by atoms with Gasteiger partial charge in [0.15, 0.2) is 5.78 Å². The lowest BCUT2D eigenvalue weighted by Crippen LogP contribution is -2.51. The number of amides is 1. The molecule has 1 aliphatic carbocycles. The number of carbonyl (C=O) groups excluding carboxylic acids is 2. The lowest BCUT2D eigenvalue weighted by Gasteiger charge is -2.38. The maximum Gasteiger partial charge on any atom is 0.254 e. The van der Waals surface area contributed by atoms with Crippen molar-refractivity contribution in [2.45, 2.75) is 31.7 Å². The number of hydrogen-bond donors (Lipinski definition) is 0. The molecule has 4 nitrogen and oxygen atoms in total. The van der Waals surface area contributed by atoms with Crippen LogP contribution in [0.2, 0.25) is 0 Å². The fraction of sp³-hybridized carbons (Fsp3) is 0.391. The second-order valence-electron chi connectivity index (χ2n) is 7.65. The number of halogens is 1. The summed E-state index contributed by atoms with van der Waals surface area (Å²) in [7, 11) is 0. The molecule has 0 unspecified atom stereocenters. The van der Waals surface area contributed by atoms with Gasteiger partial charge in [0.25, 0.3) is 5.91 Å². The van der Waals surface area contributed by atoms with E-state index in [-0.39, 0.29) is 11.7 Å². The first-order valence-corrected chi connectivity index (χ1v) is 10.9. The standard InChI is InChI=1S/C23H25BrN2O2/c24-18-11-9-17(10-12-18)22(27)20-7-3-4-8-21(20)23(28)26-15-13-25(14-16-26)19-5-1-2-6-19/h3-4,7-12,19H,1-2,5-6,13-16H2. The van der Waals surface area contributed by atoms with E-state index in [1.54, 1.807) is 24.3 Å². The summed E-state index contributed by atoms with van der Waals surface area (Å²) in [6.45, 7) is 3.32. The van der Waals surface area contributed by atoms with Gasteiger partial charge in [-0.2, -0.15) is 0 Å². The van der Waals surface area contributed by atoms with E-state index in [4.69, 9.17) is 0 Å². The number of carbonyl (C=O) groups is 2. The quantitative estimate of drug-likeness (QED) is 0.662. The summed E-state index contributed by atoms with van der Waals surface area (Å²) >= 11 is 3.39. The van der Waals surface area contributed by atoms with Crippen LogP contribution in [0.1, 0.15) is 52.0 Å². The molecule has 2 aromatic rings. The zero-order valence-corrected chi connectivity index (χ0v) is 17.5. The molecule has 1 saturated heterocycles. The van der Waals surface area contributed by atoms with E-state index in [0.717, 1.165) is 30.7 Å². The number of ketones is 1. The molecule has 1 heterocycles. The number of nitrogens with zero attached hydrogens (tertiary/aromatic N) is 2. The molecular formula is C23H25BrN2O2. The third kappa shape index (κ3) is 4.06. The van der Waals surface area contributed by atoms with Gasteiger partial charge in [-0.1, -0.05) is 47.0 Å². The van der Waals surface area contributed by atoms with Crippen LogP contribution in [0, 0.1) is 0 Å². The number of piperazine rings is 1. The van der Waals surface area contributed by atoms with Crippen LogP contribution < -0.4 is 0 Å². The highest BCUT2D eigenvalue weighted by atomic mass is 79.9. The van der Waals surface area contributed by atoms with Crippen LogP contribution in [0.3, 0.4) is 0 Å². The molecule has 1 aliphatic heterocycles. The Bertz CT molecular complexity index is 851. The van der Waals surface area contributed by atoms with E-state index >= 15 is 0 Å². The molecule has 1 amide bonds. The average molecular weight is 441 g/mol. The van der Waals surface area contributed by atoms with Crippen LogP contribution in [0.4, 0.5) is 0 Å². The summed E-state index contributed by atoms with van der Waals surface area (Å²) in [6.07, 6.45) is 5.24. The van der Waals surface area contributed by atoms with Crippen LogP contribution in [0.15, 0.2) is 53.0 Å². The largest absolute Gasteiger partial charge is 0.336 e. The van der Waals surface area contributed by atoms with Crippen molar-refractivity contribution >= 4 is 27.6 Å². The minimum absolute atomic E-state index is 0.0351. The Morgan fingerprint density at radius 1 is 0.821 bits per heavy atom. The molecular weight excluding hydrogens is 416 g/mol. The Morgan fingerprint density at radius 3 is 2.07 bits per heavy atom. The maximum atomic E-state index is 13.2. The SMILES string of the molecule is O=C(c1ccc(Br)cc1)c1ccccc1C(=O)N1CCN(C2CCCC2)CC1. The summed E-state index contributed by atoms with van der Waals surface area (Å²) in [5.74, 6) is -0.145. The highest BCUT2D eigenvalue weighted by Crippen LogP contribution is 2.25. The van der Waals surface area contributed by atoms with Crippen molar-refractivity contribution in [1.29, 1.82) is 0 Å². The highest BCUT2D eigenvalue weighted by molar-refractivity contribution is 9.10. The highest BCUT2D eigenvalue weighted by Gasteiger charge is 2.29. The molecule has 0 spiro atoms. The van der Waals surface area contributed by atoms with Crippen LogP contribution in [0.5, 0.6) is 0 Å². The first kappa shape index (κ1) is 19.3. The molecule has 0 bridgehead atoms. The van der Waals surface area contributed by atoms with Crippen molar-refractivity contribution in [3.05, 3.63) is 69.7 Å². The molecule has 2 aromatic carbocycles. The summed E-state index contributed by atoms with van der Waals surface area (Å²) < 4.78 is 0.925. The van der Waals surface area contributed by atoms with Crippen LogP contribution in [-0.2, 0) is 0 Å². The molecule has 5 heteroatoms. The molecule has 1 saturated carbocycles. The van der Waals surface area contributed by atoms with Crippen LogP contribution in [-0.4, -0.2) is 53.7 Å². The Kier molecular flexibility index (Phi) is 5.93. The average Bonchev–Trinajstić information content (AvgIpc) is 3.28. The van der Waals surface area contributed by atoms with Gasteiger partial charge in [0.2, 0.25) is 0 Å². The fourth-order valence-electron chi connectivity index (χ4n) is 4.35. The minimum atomic E-state index is -0.110. The van der Waals surface area contributed by atoms with Gasteiger partial charge in [0, 0.05) is 47.8 Å². The van der Waals surface area contributed by atoms with Gasteiger partial charge in [0.1, 0.15) is 0 Å². The molecule has 2 fully saturated rings. The second kappa shape index (κ2) is 8.58. The van der Waals surface area contributed by atoms with E-state index in [1.165, 1.54) is 25.7 Å². The first-order valence-electron chi connectivity index (χ1n) is 10.1. The second-order valence-corrected chi connectivity index (χ2v) is 8.56. The molecule has 0 aromatic heterocycles. The molecule has 0 radical (unpaired) electrons. The molecule has 0 N–H and O–H groups in total. The van der Waals surface area contributed by atoms with E-state index in [2.05, 4.69) is 20.8 Å². The van der Waals surface area contributed by atoms with Gasteiger partial charge in [-0.05, 0) is 43.2 Å². The molecule has 4 rings (SSSR count). The molecule has 0 atom stereocenters. The predicted octanol–water partition coefficient (Wildman–Crippen LogP) is 4.38. The van der Waals surface area contributed by atoms with Gasteiger partial charge in [-0.15, -0.1) is 0 Å². The van der Waals surface area contributed by atoms with Crippen LogP contribution in [0.25, 0.3) is 0 Å². The molecule has 28 heavy (non-hydrogen) atoms. The normalized spacial score (nSPS) is 18.4. The predicted molar refractivity (Wildman–Crippen MR) is 114 cm³/mol. The summed E-state index contributed by atoms with van der Waals surface area (Å²) in [4.78, 5) is 30.6. The van der Waals surface area contributed by atoms with Crippen molar-refractivity contribution in [2.24, 2.45) is 0 Å². The molecule has 2 aliphatic rings. The van der Waals surface area contributed by atoms with Crippen LogP contribution >= 0.6 is 15.9 Å². The Hall–Kier alpha value is -1.98. The first-order chi connectivity index (χ1) is 13.6. The van der Waals surface area contributed by atoms with E-state index < -0.39 is 0 Å². The fourth-order valence-corrected chi connectivity index (χ4v) is 4.62. The Labute approximate surface area is 174 Å². The van der Waals surface area contributed by atoms with Crippen molar-refractivity contribution < 1.29 is 9.59 Å². The van der Waals surface area contributed by atoms with Gasteiger partial charge >= 0.3 is 0 Å². The van der Waals surface area contributed by atoms with E-state index in [0.29, 0.717) is 22.7 Å². The Morgan fingerprint density at radius 2 is 1.43 bits per heavy atom. The van der Waals surface area contributed by atoms with Gasteiger partial charge in [0.05, 0.1) is 5.56 Å². The zero-order chi connectivity index (χ0) is 19.5. The monoisotopic (exact) mass is 440 g/mol. The summed E-state index contributed by atoms with van der Waals surface area (Å²) in [6, 6.07) is 15.1. The van der Waals surface area contributed by atoms with Gasteiger partial charge in [-0.25, -0.2) is 0 Å². The van der Waals surface area contributed by atoms with Gasteiger partial charge < -0.3 is 4.90 Å². The smallest absolute Gasteiger partial charge is 0.254 e. The van der Waals surface area contributed by atoms with E-state index in [9.17, 15) is 9.59 Å². The summed E-state index contributed by atoms with van der Waals surface area (Å²) in [5.41, 5.74) is 1.58. The van der Waals surface area contributed by atoms with Gasteiger partial charge in [-0.3, -0.25) is 14.5 Å². The third-order valence-electron chi connectivity index (χ3n) is 5.95. The zero-order valence-electron chi connectivity index (χ0n) is 15.9. The van der Waals surface area contributed by atoms with E-state index in [1.807, 2.05) is 29.2 Å². The van der Waals surface area contributed by atoms with Crippen molar-refractivity contribution in [2.75, 3.05) is 26.2 Å². The lowest BCUT2D eigenvalue weighted by atomic mass is 9.97. The lowest BCUT2D eigenvalue weighted by molar-refractivity contribution is 0.0571. The Balaban J connectivity index is 1.49. The number of benzene rings is 2. The molecule has 146 valence electrons. The topological polar surface area (TPSA) is 40.6 Å². The minimum Gasteiger partial charge on any atom is -0.336 e. The van der Waals surface area contributed by atoms with Crippen molar-refractivity contribution in [3.63, 3.8) is 0 Å². The summed E-state index contributed by atoms with van der Waals surface area (Å²) in [5, 5.41) is 0. The third-order valence-corrected chi connectivity index (χ3v) is 6.48. The maximum absolute atomic E-state index is 13.2.